The summed E-state index contributed by atoms with van der Waals surface area (Å²) >= 11 is 0. The van der Waals surface area contributed by atoms with Crippen LogP contribution in [-0.2, 0) is 23.2 Å². The van der Waals surface area contributed by atoms with E-state index in [2.05, 4.69) is 13.8 Å². The molecule has 1 aliphatic rings. The second-order valence-electron chi connectivity index (χ2n) is 14.5. The van der Waals surface area contributed by atoms with Crippen molar-refractivity contribution in [1.82, 2.24) is 0 Å². The minimum absolute atomic E-state index is 0.213. The van der Waals surface area contributed by atoms with Crippen molar-refractivity contribution in [2.24, 2.45) is 0 Å². The largest absolute Gasteiger partial charge is 0.457 e. The van der Waals surface area contributed by atoms with Gasteiger partial charge in [-0.25, -0.2) is 0 Å². The molecule has 1 aliphatic carbocycles. The van der Waals surface area contributed by atoms with Crippen molar-refractivity contribution in [1.29, 1.82) is 0 Å². The molecule has 0 aromatic heterocycles. The topological polar surface area (TPSA) is 70.5 Å². The number of anilines is 2. The van der Waals surface area contributed by atoms with Crippen molar-refractivity contribution in [3.05, 3.63) is 155 Å². The van der Waals surface area contributed by atoms with Crippen LogP contribution in [0, 0.1) is 0 Å². The van der Waals surface area contributed by atoms with Crippen molar-refractivity contribution in [3.63, 3.8) is 0 Å². The zero-order valence-corrected chi connectivity index (χ0v) is 29.6. The van der Waals surface area contributed by atoms with Gasteiger partial charge < -0.3 is 20.9 Å². The summed E-state index contributed by atoms with van der Waals surface area (Å²) in [5.41, 5.74) is 14.4. The molecule has 0 radical (unpaired) electrons. The Morgan fingerprint density at radius 1 is 0.481 bits per heavy atom. The molecule has 0 bridgehead atoms. The molecule has 276 valence electrons. The summed E-state index contributed by atoms with van der Waals surface area (Å²) in [6.45, 7) is 6.24. The van der Waals surface area contributed by atoms with E-state index in [-0.39, 0.29) is 28.4 Å². The van der Waals surface area contributed by atoms with Crippen molar-refractivity contribution in [2.45, 2.75) is 50.4 Å². The molecule has 1 atom stereocenters. The van der Waals surface area contributed by atoms with Crippen LogP contribution in [0.25, 0.3) is 22.3 Å². The first-order chi connectivity index (χ1) is 25.4. The molecule has 1 unspecified atom stereocenters. The molecule has 0 aliphatic heterocycles. The van der Waals surface area contributed by atoms with Gasteiger partial charge in [0, 0.05) is 16.8 Å². The highest BCUT2D eigenvalue weighted by molar-refractivity contribution is 5.69. The Morgan fingerprint density at radius 3 is 1.37 bits per heavy atom. The van der Waals surface area contributed by atoms with Gasteiger partial charge in [0.25, 0.3) is 0 Å². The van der Waals surface area contributed by atoms with Gasteiger partial charge in [-0.1, -0.05) is 75.4 Å². The Balaban J connectivity index is 1.18. The Kier molecular flexibility index (Phi) is 8.91. The standard InChI is InChI=1S/C44H36F6N2O2/c1-41(2)25-42(3,30-10-16-33(17-11-30)53-39-20-8-28(22-37(39)43(45,46)47)26-4-12-31(51)13-5-26)36-24-34(18-19-35(36)41)54-40-21-9-29(23-38(40)44(48,49)50)27-6-14-32(52)15-7-27/h4-24H,25,51-52H2,1-3H3. The van der Waals surface area contributed by atoms with E-state index in [0.717, 1.165) is 28.8 Å². The van der Waals surface area contributed by atoms with Gasteiger partial charge in [-0.3, -0.25) is 0 Å². The number of ether oxygens (including phenoxy) is 2. The number of hydrogen-bond donors (Lipinski definition) is 2. The van der Waals surface area contributed by atoms with Gasteiger partial charge in [0.1, 0.15) is 23.0 Å². The first-order valence-electron chi connectivity index (χ1n) is 17.2. The summed E-state index contributed by atoms with van der Waals surface area (Å²) in [7, 11) is 0. The lowest BCUT2D eigenvalue weighted by atomic mass is 9.75. The lowest BCUT2D eigenvalue weighted by molar-refractivity contribution is -0.139. The van der Waals surface area contributed by atoms with Gasteiger partial charge in [-0.2, -0.15) is 26.3 Å². The number of halogens is 6. The molecule has 7 rings (SSSR count). The van der Waals surface area contributed by atoms with Crippen molar-refractivity contribution < 1.29 is 35.8 Å². The molecule has 6 aromatic rings. The fourth-order valence-corrected chi connectivity index (χ4v) is 7.50. The highest BCUT2D eigenvalue weighted by Gasteiger charge is 2.46. The molecule has 4 N–H and O–H groups in total. The molecule has 0 fully saturated rings. The summed E-state index contributed by atoms with van der Waals surface area (Å²) in [4.78, 5) is 0. The molecule has 0 heterocycles. The van der Waals surface area contributed by atoms with E-state index in [1.807, 2.05) is 25.1 Å². The van der Waals surface area contributed by atoms with Gasteiger partial charge in [0.05, 0.1) is 11.1 Å². The Labute approximate surface area is 309 Å². The number of fused-ring (bicyclic) bond motifs is 1. The SMILES string of the molecule is CC1(C)CC(C)(c2ccc(Oc3ccc(-c4ccc(N)cc4)cc3C(F)(F)F)cc2)c2cc(Oc3ccc(-c4ccc(N)cc4)cc3C(F)(F)F)ccc21. The summed E-state index contributed by atoms with van der Waals surface area (Å²) < 4.78 is 97.5. The second-order valence-corrected chi connectivity index (χ2v) is 14.5. The van der Waals surface area contributed by atoms with Crippen LogP contribution >= 0.6 is 0 Å². The van der Waals surface area contributed by atoms with E-state index in [1.165, 1.54) is 12.1 Å². The molecule has 54 heavy (non-hydrogen) atoms. The number of benzene rings is 6. The highest BCUT2D eigenvalue weighted by Crippen LogP contribution is 2.54. The molecule has 4 nitrogen and oxygen atoms in total. The van der Waals surface area contributed by atoms with Crippen molar-refractivity contribution >= 4 is 11.4 Å². The fourth-order valence-electron chi connectivity index (χ4n) is 7.50. The van der Waals surface area contributed by atoms with Crippen LogP contribution in [0.5, 0.6) is 23.0 Å². The third kappa shape index (κ3) is 7.08. The Morgan fingerprint density at radius 2 is 0.907 bits per heavy atom. The highest BCUT2D eigenvalue weighted by atomic mass is 19.4. The van der Waals surface area contributed by atoms with E-state index in [9.17, 15) is 26.3 Å². The monoisotopic (exact) mass is 738 g/mol. The predicted octanol–water partition coefficient (Wildman–Crippen LogP) is 12.8. The molecule has 0 amide bonds. The normalized spacial score (nSPS) is 16.5. The molecule has 6 aromatic carbocycles. The van der Waals surface area contributed by atoms with E-state index in [4.69, 9.17) is 20.9 Å². The molecule has 0 saturated carbocycles. The van der Waals surface area contributed by atoms with Crippen molar-refractivity contribution in [3.8, 4) is 45.3 Å². The lowest BCUT2D eigenvalue weighted by Crippen LogP contribution is -2.23. The quantitative estimate of drug-likeness (QED) is 0.126. The molecule has 0 saturated heterocycles. The number of nitrogens with two attached hydrogens (primary N) is 2. The zero-order chi connectivity index (χ0) is 38.6. The summed E-state index contributed by atoms with van der Waals surface area (Å²) in [6, 6.07) is 33.2. The van der Waals surface area contributed by atoms with Gasteiger partial charge in [-0.05, 0) is 124 Å². The van der Waals surface area contributed by atoms with E-state index < -0.39 is 28.9 Å². The number of alkyl halides is 6. The van der Waals surface area contributed by atoms with E-state index in [0.29, 0.717) is 40.0 Å². The minimum Gasteiger partial charge on any atom is -0.457 e. The first-order valence-corrected chi connectivity index (χ1v) is 17.2. The predicted molar refractivity (Wildman–Crippen MR) is 200 cm³/mol. The molecular weight excluding hydrogens is 702 g/mol. The molecular formula is C44H36F6N2O2. The molecule has 10 heteroatoms. The van der Waals surface area contributed by atoms with Crippen LogP contribution in [0.1, 0.15) is 55.0 Å². The lowest BCUT2D eigenvalue weighted by Gasteiger charge is -2.29. The maximum absolute atomic E-state index is 14.4. The molecule has 0 spiro atoms. The fraction of sp³-hybridized carbons (Fsp3) is 0.182. The van der Waals surface area contributed by atoms with Crippen LogP contribution in [0.2, 0.25) is 0 Å². The average molecular weight is 739 g/mol. The summed E-state index contributed by atoms with van der Waals surface area (Å²) in [5, 5.41) is 0. The van der Waals surface area contributed by atoms with Crippen LogP contribution in [-0.4, -0.2) is 0 Å². The van der Waals surface area contributed by atoms with E-state index >= 15 is 0 Å². The van der Waals surface area contributed by atoms with Gasteiger partial charge in [0.2, 0.25) is 0 Å². The second kappa shape index (κ2) is 13.2. The van der Waals surface area contributed by atoms with E-state index in [1.54, 1.807) is 84.9 Å². The van der Waals surface area contributed by atoms with Gasteiger partial charge in [0.15, 0.2) is 0 Å². The summed E-state index contributed by atoms with van der Waals surface area (Å²) in [6.07, 6.45) is -8.70. The maximum atomic E-state index is 14.4. The van der Waals surface area contributed by atoms with Crippen LogP contribution in [0.15, 0.2) is 127 Å². The van der Waals surface area contributed by atoms with Crippen molar-refractivity contribution in [2.75, 3.05) is 11.5 Å². The minimum atomic E-state index is -4.68. The number of hydrogen-bond acceptors (Lipinski definition) is 4. The first kappa shape index (κ1) is 36.5. The Bertz CT molecular complexity index is 2330. The van der Waals surface area contributed by atoms with Crippen LogP contribution in [0.4, 0.5) is 37.7 Å². The third-order valence-corrected chi connectivity index (χ3v) is 10.1. The zero-order valence-electron chi connectivity index (χ0n) is 29.6. The number of nitrogen functional groups attached to an aromatic ring is 2. The number of rotatable bonds is 7. The van der Waals surface area contributed by atoms with Gasteiger partial charge in [-0.15, -0.1) is 0 Å². The third-order valence-electron chi connectivity index (χ3n) is 10.1. The average Bonchev–Trinajstić information content (AvgIpc) is 3.33. The smallest absolute Gasteiger partial charge is 0.420 e. The Hall–Kier alpha value is -5.90. The maximum Gasteiger partial charge on any atom is 0.420 e. The van der Waals surface area contributed by atoms with Gasteiger partial charge >= 0.3 is 12.4 Å². The van der Waals surface area contributed by atoms with Crippen LogP contribution in [0.3, 0.4) is 0 Å². The summed E-state index contributed by atoms with van der Waals surface area (Å²) in [5.74, 6) is -0.216. The van der Waals surface area contributed by atoms with Crippen LogP contribution < -0.4 is 20.9 Å².